The lowest BCUT2D eigenvalue weighted by molar-refractivity contribution is 0.222. The maximum atomic E-state index is 13.3. The van der Waals surface area contributed by atoms with Crippen LogP contribution in [0.5, 0.6) is 11.5 Å². The highest BCUT2D eigenvalue weighted by Gasteiger charge is 2.31. The number of rotatable bonds is 8. The number of nitrogens with one attached hydrogen (secondary N) is 1. The number of piperidine rings is 1. The Morgan fingerprint density at radius 2 is 1.86 bits per heavy atom. The van der Waals surface area contributed by atoms with E-state index in [0.29, 0.717) is 52.1 Å². The minimum Gasteiger partial charge on any atom is -0.493 e. The fourth-order valence-electron chi connectivity index (χ4n) is 4.40. The molecule has 0 radical (unpaired) electrons. The van der Waals surface area contributed by atoms with Crippen molar-refractivity contribution >= 4 is 32.7 Å². The summed E-state index contributed by atoms with van der Waals surface area (Å²) < 4.78 is 38.9. The Balaban J connectivity index is 1.50. The van der Waals surface area contributed by atoms with Crippen molar-refractivity contribution in [3.05, 3.63) is 53.4 Å². The number of methoxy groups -OCH3 is 2. The molecule has 1 fully saturated rings. The minimum absolute atomic E-state index is 0.293. The van der Waals surface area contributed by atoms with Crippen LogP contribution in [-0.4, -0.2) is 51.2 Å². The molecule has 1 saturated heterocycles. The van der Waals surface area contributed by atoms with Crippen molar-refractivity contribution in [2.75, 3.05) is 32.7 Å². The molecular formula is C25H30N4O4S2. The molecule has 2 unspecified atom stereocenters. The molecule has 0 saturated carbocycles. The number of hydrogen-bond acceptors (Lipinski definition) is 8. The van der Waals surface area contributed by atoms with E-state index in [1.807, 2.05) is 29.6 Å². The van der Waals surface area contributed by atoms with Crippen LogP contribution in [0.3, 0.4) is 0 Å². The monoisotopic (exact) mass is 514 g/mol. The van der Waals surface area contributed by atoms with Gasteiger partial charge in [-0.05, 0) is 42.5 Å². The summed E-state index contributed by atoms with van der Waals surface area (Å²) in [6.45, 7) is 5.31. The van der Waals surface area contributed by atoms with Gasteiger partial charge in [-0.3, -0.25) is 5.43 Å². The normalized spacial score (nSPS) is 19.1. The van der Waals surface area contributed by atoms with E-state index in [4.69, 9.17) is 9.47 Å². The zero-order chi connectivity index (χ0) is 25.0. The van der Waals surface area contributed by atoms with Gasteiger partial charge in [0.1, 0.15) is 0 Å². The molecule has 1 aromatic heterocycles. The van der Waals surface area contributed by atoms with Crippen molar-refractivity contribution in [1.29, 1.82) is 0 Å². The Morgan fingerprint density at radius 3 is 2.57 bits per heavy atom. The van der Waals surface area contributed by atoms with Crippen LogP contribution in [-0.2, 0) is 10.0 Å². The van der Waals surface area contributed by atoms with Crippen molar-refractivity contribution in [2.45, 2.75) is 25.2 Å². The van der Waals surface area contributed by atoms with Crippen molar-refractivity contribution < 1.29 is 17.9 Å². The van der Waals surface area contributed by atoms with Gasteiger partial charge >= 0.3 is 0 Å². The second-order valence-corrected chi connectivity index (χ2v) is 11.6. The third-order valence-electron chi connectivity index (χ3n) is 5.90. The zero-order valence-corrected chi connectivity index (χ0v) is 21.9. The molecule has 10 heteroatoms. The highest BCUT2D eigenvalue weighted by Crippen LogP contribution is 2.31. The molecule has 4 rings (SSSR count). The fourth-order valence-corrected chi connectivity index (χ4v) is 6.79. The van der Waals surface area contributed by atoms with Gasteiger partial charge in [-0.1, -0.05) is 32.0 Å². The number of nitrogens with zero attached hydrogens (tertiary/aromatic N) is 3. The predicted octanol–water partition coefficient (Wildman–Crippen LogP) is 4.94. The molecule has 3 aromatic rings. The van der Waals surface area contributed by atoms with E-state index in [-0.39, 0.29) is 0 Å². The van der Waals surface area contributed by atoms with Gasteiger partial charge in [0.15, 0.2) is 11.5 Å². The molecule has 2 aromatic carbocycles. The van der Waals surface area contributed by atoms with Gasteiger partial charge in [-0.2, -0.15) is 9.41 Å². The third-order valence-corrected chi connectivity index (χ3v) is 8.48. The summed E-state index contributed by atoms with van der Waals surface area (Å²) in [5.74, 6) is 1.91. The lowest BCUT2D eigenvalue weighted by Crippen LogP contribution is -2.42. The number of benzene rings is 2. The SMILES string of the molecule is COc1cccc(/C=N/Nc2nc(-c3cccc(S(=O)(=O)N4CC(C)CC(C)C4)c3)cs2)c1OC. The number of sulfonamides is 1. The summed E-state index contributed by atoms with van der Waals surface area (Å²) >= 11 is 1.39. The summed E-state index contributed by atoms with van der Waals surface area (Å²) in [5, 5.41) is 6.73. The Hall–Kier alpha value is -2.95. The average molecular weight is 515 g/mol. The quantitative estimate of drug-likeness (QED) is 0.338. The highest BCUT2D eigenvalue weighted by molar-refractivity contribution is 7.89. The molecule has 186 valence electrons. The molecular weight excluding hydrogens is 484 g/mol. The van der Waals surface area contributed by atoms with Gasteiger partial charge in [0.2, 0.25) is 15.2 Å². The number of anilines is 1. The topological polar surface area (TPSA) is 93.1 Å². The highest BCUT2D eigenvalue weighted by atomic mass is 32.2. The van der Waals surface area contributed by atoms with Crippen LogP contribution in [0.2, 0.25) is 0 Å². The van der Waals surface area contributed by atoms with Gasteiger partial charge in [-0.25, -0.2) is 13.4 Å². The molecule has 0 amide bonds. The number of ether oxygens (including phenoxy) is 2. The smallest absolute Gasteiger partial charge is 0.243 e. The molecule has 8 nitrogen and oxygen atoms in total. The Morgan fingerprint density at radius 1 is 1.11 bits per heavy atom. The lowest BCUT2D eigenvalue weighted by Gasteiger charge is -2.34. The Kier molecular flexibility index (Phi) is 7.73. The van der Waals surface area contributed by atoms with Crippen LogP contribution >= 0.6 is 11.3 Å². The van der Waals surface area contributed by atoms with Gasteiger partial charge < -0.3 is 9.47 Å². The summed E-state index contributed by atoms with van der Waals surface area (Å²) in [4.78, 5) is 4.87. The Labute approximate surface area is 210 Å². The molecule has 1 aliphatic rings. The summed E-state index contributed by atoms with van der Waals surface area (Å²) in [6.07, 6.45) is 2.68. The maximum absolute atomic E-state index is 13.3. The Bertz CT molecular complexity index is 1300. The van der Waals surface area contributed by atoms with Crippen LogP contribution in [0.1, 0.15) is 25.8 Å². The van der Waals surface area contributed by atoms with Crippen LogP contribution in [0.25, 0.3) is 11.3 Å². The first-order valence-electron chi connectivity index (χ1n) is 11.4. The molecule has 1 aliphatic heterocycles. The van der Waals surface area contributed by atoms with Crippen LogP contribution < -0.4 is 14.9 Å². The van der Waals surface area contributed by atoms with Crippen molar-refractivity contribution in [1.82, 2.24) is 9.29 Å². The molecule has 2 heterocycles. The van der Waals surface area contributed by atoms with Gasteiger partial charge in [0.05, 0.1) is 31.0 Å². The standard InChI is InChI=1S/C25H30N4O4S2/c1-17-11-18(2)15-29(14-17)35(30,31)21-9-5-7-19(12-21)22-16-34-25(27-22)28-26-13-20-8-6-10-23(32-3)24(20)33-4/h5-10,12-13,16-18H,11,14-15H2,1-4H3,(H,27,28)/b26-13+. The first-order chi connectivity index (χ1) is 16.8. The lowest BCUT2D eigenvalue weighted by atomic mass is 9.94. The molecule has 35 heavy (non-hydrogen) atoms. The number of para-hydroxylation sites is 1. The number of hydrogen-bond donors (Lipinski definition) is 1. The minimum atomic E-state index is -3.56. The van der Waals surface area contributed by atoms with E-state index in [0.717, 1.165) is 17.5 Å². The second-order valence-electron chi connectivity index (χ2n) is 8.79. The summed E-state index contributed by atoms with van der Waals surface area (Å²) in [6, 6.07) is 12.5. The largest absolute Gasteiger partial charge is 0.493 e. The maximum Gasteiger partial charge on any atom is 0.243 e. The summed E-state index contributed by atoms with van der Waals surface area (Å²) in [5.41, 5.74) is 5.12. The molecule has 0 bridgehead atoms. The number of aromatic nitrogens is 1. The van der Waals surface area contributed by atoms with Crippen molar-refractivity contribution in [3.8, 4) is 22.8 Å². The van der Waals surface area contributed by atoms with E-state index in [1.165, 1.54) is 11.3 Å². The molecule has 0 aliphatic carbocycles. The van der Waals surface area contributed by atoms with Crippen molar-refractivity contribution in [3.63, 3.8) is 0 Å². The third kappa shape index (κ3) is 5.66. The van der Waals surface area contributed by atoms with E-state index in [9.17, 15) is 8.42 Å². The first-order valence-corrected chi connectivity index (χ1v) is 13.7. The summed E-state index contributed by atoms with van der Waals surface area (Å²) in [7, 11) is -0.396. The molecule has 2 atom stereocenters. The van der Waals surface area contributed by atoms with E-state index in [2.05, 4.69) is 29.4 Å². The van der Waals surface area contributed by atoms with Crippen LogP contribution in [0.4, 0.5) is 5.13 Å². The van der Waals surface area contributed by atoms with E-state index >= 15 is 0 Å². The van der Waals surface area contributed by atoms with Gasteiger partial charge in [0, 0.05) is 29.6 Å². The fraction of sp³-hybridized carbons (Fsp3) is 0.360. The number of thiazole rings is 1. The van der Waals surface area contributed by atoms with E-state index in [1.54, 1.807) is 42.9 Å². The van der Waals surface area contributed by atoms with Crippen LogP contribution in [0.15, 0.2) is 57.8 Å². The predicted molar refractivity (Wildman–Crippen MR) is 140 cm³/mol. The molecule has 0 spiro atoms. The van der Waals surface area contributed by atoms with Crippen LogP contribution in [0, 0.1) is 11.8 Å². The van der Waals surface area contributed by atoms with Gasteiger partial charge in [-0.15, -0.1) is 11.3 Å². The van der Waals surface area contributed by atoms with Gasteiger partial charge in [0.25, 0.3) is 0 Å². The average Bonchev–Trinajstić information content (AvgIpc) is 3.32. The number of hydrazone groups is 1. The van der Waals surface area contributed by atoms with Crippen molar-refractivity contribution in [2.24, 2.45) is 16.9 Å². The second kappa shape index (κ2) is 10.8. The zero-order valence-electron chi connectivity index (χ0n) is 20.3. The first kappa shape index (κ1) is 25.2. The van der Waals surface area contributed by atoms with E-state index < -0.39 is 10.0 Å². The molecule has 1 N–H and O–H groups in total.